The summed E-state index contributed by atoms with van der Waals surface area (Å²) in [4.78, 5) is 11.7. The van der Waals surface area contributed by atoms with Gasteiger partial charge in [0, 0.05) is 25.3 Å². The second kappa shape index (κ2) is 6.74. The fraction of sp³-hybridized carbons (Fsp3) is 0.364. The number of benzene rings is 1. The van der Waals surface area contributed by atoms with Gasteiger partial charge in [0.1, 0.15) is 0 Å². The van der Waals surface area contributed by atoms with Gasteiger partial charge in [-0.15, -0.1) is 0 Å². The van der Waals surface area contributed by atoms with Crippen LogP contribution in [-0.2, 0) is 4.74 Å². The van der Waals surface area contributed by atoms with Crippen molar-refractivity contribution in [1.82, 2.24) is 5.32 Å². The van der Waals surface area contributed by atoms with Crippen molar-refractivity contribution in [2.24, 2.45) is 0 Å². The molecule has 0 aliphatic rings. The number of amides is 1. The first-order valence-electron chi connectivity index (χ1n) is 4.87. The molecular formula is C11H13Cl2NO2. The molecule has 1 N–H and O–H groups in total. The third kappa shape index (κ3) is 4.00. The van der Waals surface area contributed by atoms with Gasteiger partial charge >= 0.3 is 0 Å². The molecule has 0 bridgehead atoms. The summed E-state index contributed by atoms with van der Waals surface area (Å²) in [5.74, 6) is -0.219. The maximum absolute atomic E-state index is 11.7. The Bertz CT molecular complexity index is 369. The lowest BCUT2D eigenvalue weighted by Crippen LogP contribution is -2.25. The Hall–Kier alpha value is -0.770. The topological polar surface area (TPSA) is 38.3 Å². The van der Waals surface area contributed by atoms with Crippen molar-refractivity contribution in [2.75, 3.05) is 20.3 Å². The highest BCUT2D eigenvalue weighted by molar-refractivity contribution is 6.35. The van der Waals surface area contributed by atoms with E-state index in [9.17, 15) is 4.79 Å². The zero-order valence-corrected chi connectivity index (χ0v) is 10.4. The molecule has 0 heterocycles. The van der Waals surface area contributed by atoms with Gasteiger partial charge in [0.15, 0.2) is 0 Å². The average Bonchev–Trinajstić information content (AvgIpc) is 2.27. The van der Waals surface area contributed by atoms with Crippen LogP contribution in [0.1, 0.15) is 16.8 Å². The lowest BCUT2D eigenvalue weighted by atomic mass is 10.2. The van der Waals surface area contributed by atoms with Crippen molar-refractivity contribution in [2.45, 2.75) is 6.42 Å². The summed E-state index contributed by atoms with van der Waals surface area (Å²) in [6.07, 6.45) is 0.764. The molecule has 0 spiro atoms. The Balaban J connectivity index is 2.55. The van der Waals surface area contributed by atoms with Crippen molar-refractivity contribution in [3.8, 4) is 0 Å². The monoisotopic (exact) mass is 261 g/mol. The lowest BCUT2D eigenvalue weighted by molar-refractivity contribution is 0.0949. The summed E-state index contributed by atoms with van der Waals surface area (Å²) in [5.41, 5.74) is 0.395. The summed E-state index contributed by atoms with van der Waals surface area (Å²) < 4.78 is 4.87. The molecule has 0 radical (unpaired) electrons. The number of ether oxygens (including phenoxy) is 1. The van der Waals surface area contributed by atoms with E-state index in [1.807, 2.05) is 0 Å². The van der Waals surface area contributed by atoms with Crippen LogP contribution in [0.25, 0.3) is 0 Å². The predicted molar refractivity (Wildman–Crippen MR) is 65.3 cm³/mol. The highest BCUT2D eigenvalue weighted by Gasteiger charge is 2.09. The molecule has 1 aromatic carbocycles. The molecule has 0 saturated carbocycles. The Labute approximate surface area is 105 Å². The average molecular weight is 262 g/mol. The summed E-state index contributed by atoms with van der Waals surface area (Å²) in [5, 5.41) is 3.63. The zero-order chi connectivity index (χ0) is 12.0. The van der Waals surface area contributed by atoms with E-state index in [4.69, 9.17) is 27.9 Å². The molecule has 1 amide bonds. The van der Waals surface area contributed by atoms with Gasteiger partial charge < -0.3 is 10.1 Å². The van der Waals surface area contributed by atoms with Crippen LogP contribution < -0.4 is 5.32 Å². The Morgan fingerprint density at radius 2 is 2.19 bits per heavy atom. The number of nitrogens with one attached hydrogen (secondary N) is 1. The van der Waals surface area contributed by atoms with Crippen LogP contribution in [-0.4, -0.2) is 26.2 Å². The van der Waals surface area contributed by atoms with E-state index in [1.165, 1.54) is 0 Å². The minimum atomic E-state index is -0.219. The van der Waals surface area contributed by atoms with E-state index in [1.54, 1.807) is 25.3 Å². The second-order valence-corrected chi connectivity index (χ2v) is 4.07. The molecule has 1 rings (SSSR count). The normalized spacial score (nSPS) is 10.2. The quantitative estimate of drug-likeness (QED) is 0.828. The first-order valence-corrected chi connectivity index (χ1v) is 5.63. The zero-order valence-electron chi connectivity index (χ0n) is 8.93. The highest BCUT2D eigenvalue weighted by atomic mass is 35.5. The van der Waals surface area contributed by atoms with Crippen molar-refractivity contribution in [1.29, 1.82) is 0 Å². The molecule has 0 aliphatic carbocycles. The van der Waals surface area contributed by atoms with Crippen LogP contribution in [0, 0.1) is 0 Å². The number of carbonyl (C=O) groups excluding carboxylic acids is 1. The second-order valence-electron chi connectivity index (χ2n) is 3.23. The molecule has 0 aromatic heterocycles. The Morgan fingerprint density at radius 3 is 2.88 bits per heavy atom. The molecule has 0 atom stereocenters. The minimum absolute atomic E-state index is 0.219. The van der Waals surface area contributed by atoms with Gasteiger partial charge in [0.05, 0.1) is 10.6 Å². The third-order valence-electron chi connectivity index (χ3n) is 1.98. The number of hydrogen-bond acceptors (Lipinski definition) is 2. The molecule has 0 saturated heterocycles. The number of rotatable bonds is 5. The van der Waals surface area contributed by atoms with Gasteiger partial charge in [0.2, 0.25) is 0 Å². The number of methoxy groups -OCH3 is 1. The Morgan fingerprint density at radius 1 is 1.44 bits per heavy atom. The maximum Gasteiger partial charge on any atom is 0.252 e. The first kappa shape index (κ1) is 13.3. The van der Waals surface area contributed by atoms with Crippen LogP contribution in [0.3, 0.4) is 0 Å². The van der Waals surface area contributed by atoms with E-state index in [0.29, 0.717) is 28.8 Å². The summed E-state index contributed by atoms with van der Waals surface area (Å²) in [7, 11) is 1.62. The fourth-order valence-corrected chi connectivity index (χ4v) is 1.56. The SMILES string of the molecule is COCCCNC(=O)c1cc(Cl)ccc1Cl. The molecule has 1 aromatic rings. The van der Waals surface area contributed by atoms with Crippen molar-refractivity contribution in [3.63, 3.8) is 0 Å². The third-order valence-corrected chi connectivity index (χ3v) is 2.55. The predicted octanol–water partition coefficient (Wildman–Crippen LogP) is 2.76. The molecule has 3 nitrogen and oxygen atoms in total. The van der Waals surface area contributed by atoms with Crippen LogP contribution in [0.4, 0.5) is 0 Å². The molecular weight excluding hydrogens is 249 g/mol. The van der Waals surface area contributed by atoms with E-state index in [0.717, 1.165) is 6.42 Å². The highest BCUT2D eigenvalue weighted by Crippen LogP contribution is 2.20. The molecule has 0 aliphatic heterocycles. The van der Waals surface area contributed by atoms with Crippen molar-refractivity contribution >= 4 is 29.1 Å². The first-order chi connectivity index (χ1) is 7.65. The number of halogens is 2. The summed E-state index contributed by atoms with van der Waals surface area (Å²) >= 11 is 11.7. The smallest absolute Gasteiger partial charge is 0.252 e. The maximum atomic E-state index is 11.7. The van der Waals surface area contributed by atoms with Gasteiger partial charge in [-0.2, -0.15) is 0 Å². The molecule has 88 valence electrons. The standard InChI is InChI=1S/C11H13Cl2NO2/c1-16-6-2-5-14-11(15)9-7-8(12)3-4-10(9)13/h3-4,7H,2,5-6H2,1H3,(H,14,15). The number of hydrogen-bond donors (Lipinski definition) is 1. The van der Waals surface area contributed by atoms with Gasteiger partial charge in [-0.25, -0.2) is 0 Å². The molecule has 0 fully saturated rings. The van der Waals surface area contributed by atoms with Crippen LogP contribution in [0.5, 0.6) is 0 Å². The van der Waals surface area contributed by atoms with Crippen LogP contribution in [0.15, 0.2) is 18.2 Å². The molecule has 5 heteroatoms. The van der Waals surface area contributed by atoms with Crippen molar-refractivity contribution in [3.05, 3.63) is 33.8 Å². The molecule has 0 unspecified atom stereocenters. The van der Waals surface area contributed by atoms with Crippen molar-refractivity contribution < 1.29 is 9.53 Å². The number of carbonyl (C=O) groups is 1. The van der Waals surface area contributed by atoms with Gasteiger partial charge in [-0.05, 0) is 24.6 Å². The van der Waals surface area contributed by atoms with Gasteiger partial charge in [-0.1, -0.05) is 23.2 Å². The van der Waals surface area contributed by atoms with E-state index in [2.05, 4.69) is 5.32 Å². The Kier molecular flexibility index (Phi) is 5.60. The summed E-state index contributed by atoms with van der Waals surface area (Å²) in [6, 6.07) is 4.80. The lowest BCUT2D eigenvalue weighted by Gasteiger charge is -2.06. The van der Waals surface area contributed by atoms with Crippen LogP contribution in [0.2, 0.25) is 10.0 Å². The van der Waals surface area contributed by atoms with E-state index in [-0.39, 0.29) is 5.91 Å². The largest absolute Gasteiger partial charge is 0.385 e. The van der Waals surface area contributed by atoms with E-state index < -0.39 is 0 Å². The minimum Gasteiger partial charge on any atom is -0.385 e. The summed E-state index contributed by atoms with van der Waals surface area (Å²) in [6.45, 7) is 1.17. The molecule has 16 heavy (non-hydrogen) atoms. The van der Waals surface area contributed by atoms with Gasteiger partial charge in [-0.3, -0.25) is 4.79 Å². The fourth-order valence-electron chi connectivity index (χ4n) is 1.19. The van der Waals surface area contributed by atoms with Gasteiger partial charge in [0.25, 0.3) is 5.91 Å². The van der Waals surface area contributed by atoms with E-state index >= 15 is 0 Å². The van der Waals surface area contributed by atoms with Crippen LogP contribution >= 0.6 is 23.2 Å².